The molecule has 1 amide bonds. The number of rotatable bonds is 5. The zero-order valence-corrected chi connectivity index (χ0v) is 17.6. The molecule has 4 rings (SSSR count). The first-order valence-electron chi connectivity index (χ1n) is 9.52. The summed E-state index contributed by atoms with van der Waals surface area (Å²) in [4.78, 5) is 22.2. The fourth-order valence-electron chi connectivity index (χ4n) is 3.40. The van der Waals surface area contributed by atoms with Crippen LogP contribution in [0.3, 0.4) is 0 Å². The lowest BCUT2D eigenvalue weighted by atomic mass is 10.0. The smallest absolute Gasteiger partial charge is 0.252 e. The van der Waals surface area contributed by atoms with Crippen LogP contribution in [0.1, 0.15) is 35.3 Å². The van der Waals surface area contributed by atoms with Gasteiger partial charge in [-0.3, -0.25) is 9.78 Å². The van der Waals surface area contributed by atoms with E-state index >= 15 is 0 Å². The molecule has 0 aliphatic heterocycles. The van der Waals surface area contributed by atoms with Crippen molar-refractivity contribution in [3.8, 4) is 11.3 Å². The fourth-order valence-corrected chi connectivity index (χ4v) is 3.76. The molecule has 0 aliphatic rings. The van der Waals surface area contributed by atoms with E-state index in [0.29, 0.717) is 5.56 Å². The average Bonchev–Trinajstić information content (AvgIpc) is 2.77. The van der Waals surface area contributed by atoms with Gasteiger partial charge in [0, 0.05) is 27.8 Å². The maximum absolute atomic E-state index is 13.3. The predicted octanol–water partition coefficient (Wildman–Crippen LogP) is 5.94. The minimum atomic E-state index is -0.110. The number of benzene rings is 2. The van der Waals surface area contributed by atoms with E-state index in [9.17, 15) is 4.79 Å². The normalized spacial score (nSPS) is 11.9. The van der Waals surface area contributed by atoms with Crippen molar-refractivity contribution in [2.45, 2.75) is 19.4 Å². The lowest BCUT2D eigenvalue weighted by Gasteiger charge is -2.18. The van der Waals surface area contributed by atoms with E-state index in [-0.39, 0.29) is 11.9 Å². The Kier molecular flexibility index (Phi) is 5.67. The second kappa shape index (κ2) is 8.53. The van der Waals surface area contributed by atoms with E-state index in [1.54, 1.807) is 12.4 Å². The van der Waals surface area contributed by atoms with Crippen molar-refractivity contribution in [2.75, 3.05) is 0 Å². The minimum Gasteiger partial charge on any atom is -0.345 e. The first-order chi connectivity index (χ1) is 14.2. The van der Waals surface area contributed by atoms with Crippen LogP contribution in [0, 0.1) is 0 Å². The van der Waals surface area contributed by atoms with Crippen molar-refractivity contribution in [3.05, 3.63) is 94.7 Å². The molecular formula is C24H20BrN3O. The van der Waals surface area contributed by atoms with Crippen molar-refractivity contribution < 1.29 is 4.79 Å². The van der Waals surface area contributed by atoms with E-state index in [2.05, 4.69) is 33.2 Å². The van der Waals surface area contributed by atoms with Crippen LogP contribution in [0.5, 0.6) is 0 Å². The molecule has 0 saturated heterocycles. The summed E-state index contributed by atoms with van der Waals surface area (Å²) < 4.78 is 0.910. The van der Waals surface area contributed by atoms with E-state index < -0.39 is 0 Å². The van der Waals surface area contributed by atoms with Crippen molar-refractivity contribution in [1.82, 2.24) is 15.3 Å². The topological polar surface area (TPSA) is 54.9 Å². The Balaban J connectivity index is 1.78. The highest BCUT2D eigenvalue weighted by atomic mass is 79.9. The van der Waals surface area contributed by atoms with Gasteiger partial charge < -0.3 is 5.32 Å². The molecule has 1 N–H and O–H groups in total. The van der Waals surface area contributed by atoms with Gasteiger partial charge in [0.2, 0.25) is 0 Å². The number of nitrogens with zero attached hydrogens (tertiary/aromatic N) is 2. The van der Waals surface area contributed by atoms with Crippen LogP contribution in [0.2, 0.25) is 0 Å². The van der Waals surface area contributed by atoms with Crippen LogP contribution in [-0.2, 0) is 0 Å². The Labute approximate surface area is 178 Å². The molecule has 0 spiro atoms. The van der Waals surface area contributed by atoms with Gasteiger partial charge in [-0.1, -0.05) is 53.2 Å². The highest BCUT2D eigenvalue weighted by Gasteiger charge is 2.18. The third kappa shape index (κ3) is 4.20. The van der Waals surface area contributed by atoms with Crippen molar-refractivity contribution >= 4 is 32.7 Å². The molecule has 0 saturated carbocycles. The first kappa shape index (κ1) is 19.3. The molecule has 144 valence electrons. The number of fused-ring (bicyclic) bond motifs is 1. The van der Waals surface area contributed by atoms with E-state index in [4.69, 9.17) is 4.98 Å². The highest BCUT2D eigenvalue weighted by molar-refractivity contribution is 9.10. The van der Waals surface area contributed by atoms with E-state index in [0.717, 1.165) is 38.6 Å². The molecule has 29 heavy (non-hydrogen) atoms. The molecule has 0 fully saturated rings. The van der Waals surface area contributed by atoms with E-state index in [1.165, 1.54) is 0 Å². The number of pyridine rings is 2. The molecule has 0 radical (unpaired) electrons. The van der Waals surface area contributed by atoms with Crippen LogP contribution < -0.4 is 5.32 Å². The number of aromatic nitrogens is 2. The van der Waals surface area contributed by atoms with Crippen molar-refractivity contribution in [1.29, 1.82) is 0 Å². The summed E-state index contributed by atoms with van der Waals surface area (Å²) in [5.74, 6) is -0.110. The number of hydrogen-bond donors (Lipinski definition) is 1. The fraction of sp³-hybridized carbons (Fsp3) is 0.125. The van der Waals surface area contributed by atoms with Gasteiger partial charge >= 0.3 is 0 Å². The quantitative estimate of drug-likeness (QED) is 0.413. The molecular weight excluding hydrogens is 426 g/mol. The number of hydrogen-bond acceptors (Lipinski definition) is 3. The summed E-state index contributed by atoms with van der Waals surface area (Å²) >= 11 is 3.51. The van der Waals surface area contributed by atoms with Crippen molar-refractivity contribution in [2.24, 2.45) is 0 Å². The first-order valence-corrected chi connectivity index (χ1v) is 10.3. The molecule has 4 nitrogen and oxygen atoms in total. The molecule has 5 heteroatoms. The SMILES string of the molecule is CCC(NC(=O)c1cc(-c2ccncc2)nc2ccc(Br)cc12)c1ccccc1. The molecule has 0 aliphatic carbocycles. The summed E-state index contributed by atoms with van der Waals surface area (Å²) in [6.45, 7) is 2.07. The molecule has 2 aromatic carbocycles. The third-order valence-corrected chi connectivity index (χ3v) is 5.40. The van der Waals surface area contributed by atoms with Crippen LogP contribution in [-0.4, -0.2) is 15.9 Å². The zero-order chi connectivity index (χ0) is 20.2. The van der Waals surface area contributed by atoms with Gasteiger partial charge in [-0.15, -0.1) is 0 Å². The monoisotopic (exact) mass is 445 g/mol. The molecule has 1 atom stereocenters. The second-order valence-corrected chi connectivity index (χ2v) is 7.71. The van der Waals surface area contributed by atoms with Gasteiger partial charge in [0.25, 0.3) is 5.91 Å². The molecule has 0 bridgehead atoms. The summed E-state index contributed by atoms with van der Waals surface area (Å²) in [5.41, 5.74) is 4.16. The Morgan fingerprint density at radius 3 is 2.52 bits per heavy atom. The van der Waals surface area contributed by atoms with Gasteiger partial charge in [-0.25, -0.2) is 4.98 Å². The van der Waals surface area contributed by atoms with Gasteiger partial charge in [0.05, 0.1) is 22.8 Å². The molecule has 2 heterocycles. The Morgan fingerprint density at radius 1 is 1.03 bits per heavy atom. The highest BCUT2D eigenvalue weighted by Crippen LogP contribution is 2.28. The van der Waals surface area contributed by atoms with Crippen molar-refractivity contribution in [3.63, 3.8) is 0 Å². The number of carbonyl (C=O) groups excluding carboxylic acids is 1. The van der Waals surface area contributed by atoms with Crippen LogP contribution in [0.25, 0.3) is 22.2 Å². The molecule has 2 aromatic heterocycles. The van der Waals surface area contributed by atoms with Crippen LogP contribution >= 0.6 is 15.9 Å². The zero-order valence-electron chi connectivity index (χ0n) is 16.0. The van der Waals surface area contributed by atoms with Crippen LogP contribution in [0.15, 0.2) is 83.6 Å². The van der Waals surface area contributed by atoms with Gasteiger partial charge in [0.1, 0.15) is 0 Å². The van der Waals surface area contributed by atoms with Gasteiger partial charge in [0.15, 0.2) is 0 Å². The number of halogens is 1. The van der Waals surface area contributed by atoms with Gasteiger partial charge in [-0.2, -0.15) is 0 Å². The lowest BCUT2D eigenvalue weighted by Crippen LogP contribution is -2.28. The summed E-state index contributed by atoms with van der Waals surface area (Å²) in [5, 5.41) is 4.01. The Hall–Kier alpha value is -3.05. The minimum absolute atomic E-state index is 0.0524. The number of nitrogens with one attached hydrogen (secondary N) is 1. The molecule has 4 aromatic rings. The number of amides is 1. The molecule has 1 unspecified atom stereocenters. The summed E-state index contributed by atoms with van der Waals surface area (Å²) in [6.07, 6.45) is 4.26. The lowest BCUT2D eigenvalue weighted by molar-refractivity contribution is 0.0937. The second-order valence-electron chi connectivity index (χ2n) is 6.80. The number of carbonyl (C=O) groups is 1. The summed E-state index contributed by atoms with van der Waals surface area (Å²) in [6, 6.07) is 21.4. The predicted molar refractivity (Wildman–Crippen MR) is 120 cm³/mol. The van der Waals surface area contributed by atoms with Crippen LogP contribution in [0.4, 0.5) is 0 Å². The largest absolute Gasteiger partial charge is 0.345 e. The average molecular weight is 446 g/mol. The maximum atomic E-state index is 13.3. The third-order valence-electron chi connectivity index (χ3n) is 4.91. The van der Waals surface area contributed by atoms with E-state index in [1.807, 2.05) is 66.7 Å². The standard InChI is InChI=1S/C24H20BrN3O/c1-2-21(16-6-4-3-5-7-16)28-24(29)20-15-23(17-10-12-26-13-11-17)27-22-9-8-18(25)14-19(20)22/h3-15,21H,2H2,1H3,(H,28,29). The summed E-state index contributed by atoms with van der Waals surface area (Å²) in [7, 11) is 0. The van der Waals surface area contributed by atoms with Gasteiger partial charge in [-0.05, 0) is 48.4 Å². The Morgan fingerprint density at radius 2 is 1.79 bits per heavy atom. The Bertz CT molecular complexity index is 1150. The maximum Gasteiger partial charge on any atom is 0.252 e.